The third-order valence-electron chi connectivity index (χ3n) is 2.05. The number of carbonyl (C=O) groups is 3. The Morgan fingerprint density at radius 3 is 1.57 bits per heavy atom. The van der Waals surface area contributed by atoms with Crippen molar-refractivity contribution in [3.63, 3.8) is 0 Å². The average molecular weight is 436 g/mol. The number of nitrogens with zero attached hydrogens (tertiary/aromatic N) is 1. The van der Waals surface area contributed by atoms with Crippen LogP contribution in [0.25, 0.3) is 0 Å². The lowest BCUT2D eigenvalue weighted by Crippen LogP contribution is -2.36. The van der Waals surface area contributed by atoms with Crippen molar-refractivity contribution in [3.05, 3.63) is 0 Å². The summed E-state index contributed by atoms with van der Waals surface area (Å²) in [6.07, 6.45) is -0.310. The number of primary amides is 1. The van der Waals surface area contributed by atoms with Crippen molar-refractivity contribution >= 4 is 28.0 Å². The van der Waals surface area contributed by atoms with Gasteiger partial charge in [-0.15, -0.1) is 0 Å². The quantitative estimate of drug-likeness (QED) is 0.139. The summed E-state index contributed by atoms with van der Waals surface area (Å²) >= 11 is 0. The number of nitrogens with two attached hydrogens (primary N) is 4. The van der Waals surface area contributed by atoms with Gasteiger partial charge in [-0.1, -0.05) is 0 Å². The second-order valence-corrected chi connectivity index (χ2v) is 7.58. The van der Waals surface area contributed by atoms with E-state index in [4.69, 9.17) is 36.1 Å². The SMILES string of the molecule is C[N+](C)(C)CCO.NC(=O)C[C@H](N)C(=O)O.NCC(=O)[O-].NCCS(=O)(=O)O. The van der Waals surface area contributed by atoms with E-state index in [-0.39, 0.29) is 31.9 Å². The molecule has 0 unspecified atom stereocenters. The largest absolute Gasteiger partial charge is 0.549 e. The predicted octanol–water partition coefficient (Wildman–Crippen LogP) is -5.51. The third-order valence-corrected chi connectivity index (χ3v) is 2.80. The van der Waals surface area contributed by atoms with E-state index in [0.29, 0.717) is 0 Å². The van der Waals surface area contributed by atoms with Gasteiger partial charge in [-0.2, -0.15) is 8.42 Å². The van der Waals surface area contributed by atoms with Crippen molar-refractivity contribution in [3.8, 4) is 0 Å². The van der Waals surface area contributed by atoms with E-state index >= 15 is 0 Å². The number of carbonyl (C=O) groups excluding carboxylic acids is 2. The van der Waals surface area contributed by atoms with E-state index in [0.717, 1.165) is 11.0 Å². The van der Waals surface area contributed by atoms with Crippen LogP contribution in [0.5, 0.6) is 0 Å². The summed E-state index contributed by atoms with van der Waals surface area (Å²) in [5, 5.41) is 25.6. The zero-order valence-corrected chi connectivity index (χ0v) is 17.1. The minimum Gasteiger partial charge on any atom is -0.549 e. The van der Waals surface area contributed by atoms with Crippen LogP contribution in [0.15, 0.2) is 0 Å². The topological polar surface area (TPSA) is 273 Å². The Hall–Kier alpha value is -1.88. The molecule has 0 aromatic rings. The molecule has 0 aliphatic carbocycles. The molecule has 0 bridgehead atoms. The van der Waals surface area contributed by atoms with Gasteiger partial charge < -0.3 is 47.5 Å². The average Bonchev–Trinajstić information content (AvgIpc) is 2.45. The van der Waals surface area contributed by atoms with Gasteiger partial charge in [-0.3, -0.25) is 14.1 Å². The minimum absolute atomic E-state index is 0.0289. The van der Waals surface area contributed by atoms with Gasteiger partial charge in [0.05, 0.1) is 45.9 Å². The molecule has 0 radical (unpaired) electrons. The molecule has 0 rings (SSSR count). The molecule has 0 aromatic carbocycles. The van der Waals surface area contributed by atoms with Crippen LogP contribution in [0.4, 0.5) is 0 Å². The van der Waals surface area contributed by atoms with Crippen LogP contribution >= 0.6 is 0 Å². The summed E-state index contributed by atoms with van der Waals surface area (Å²) in [5.74, 6) is -3.49. The second-order valence-electron chi connectivity index (χ2n) is 6.00. The number of amides is 1. The summed E-state index contributed by atoms with van der Waals surface area (Å²) in [5.41, 5.74) is 18.9. The van der Waals surface area contributed by atoms with Gasteiger partial charge in [0.1, 0.15) is 12.6 Å². The zero-order valence-electron chi connectivity index (χ0n) is 16.3. The van der Waals surface area contributed by atoms with Crippen molar-refractivity contribution in [1.29, 1.82) is 0 Å². The van der Waals surface area contributed by atoms with Gasteiger partial charge in [0.2, 0.25) is 5.91 Å². The highest BCUT2D eigenvalue weighted by Gasteiger charge is 2.13. The Bertz CT molecular complexity index is 535. The second kappa shape index (κ2) is 18.5. The fourth-order valence-electron chi connectivity index (χ4n) is 0.753. The van der Waals surface area contributed by atoms with Crippen molar-refractivity contribution in [2.45, 2.75) is 12.5 Å². The Morgan fingerprint density at radius 1 is 1.14 bits per heavy atom. The Balaban J connectivity index is -0.000000140. The molecule has 0 saturated heterocycles. The van der Waals surface area contributed by atoms with Crippen LogP contribution in [-0.2, 0) is 24.5 Å². The number of hydrogen-bond acceptors (Lipinski definition) is 10. The molecular formula is C13H33N5O9S. The lowest BCUT2D eigenvalue weighted by molar-refractivity contribution is -0.870. The Labute approximate surface area is 164 Å². The van der Waals surface area contributed by atoms with Gasteiger partial charge >= 0.3 is 5.97 Å². The number of carboxylic acids is 2. The first-order valence-corrected chi connectivity index (χ1v) is 9.27. The number of quaternary nitrogens is 1. The Morgan fingerprint density at radius 2 is 1.54 bits per heavy atom. The molecule has 0 spiro atoms. The van der Waals surface area contributed by atoms with Crippen molar-refractivity contribution < 1.29 is 47.2 Å². The van der Waals surface area contributed by atoms with E-state index in [2.05, 4.69) is 32.6 Å². The normalized spacial score (nSPS) is 11.3. The lowest BCUT2D eigenvalue weighted by Gasteiger charge is -2.21. The molecular weight excluding hydrogens is 402 g/mol. The third kappa shape index (κ3) is 49.6. The molecule has 0 fully saturated rings. The van der Waals surface area contributed by atoms with Gasteiger partial charge in [-0.05, 0) is 0 Å². The number of rotatable bonds is 8. The first kappa shape index (κ1) is 33.7. The summed E-state index contributed by atoms with van der Waals surface area (Å²) in [6.45, 7) is 0.697. The predicted molar refractivity (Wildman–Crippen MR) is 98.9 cm³/mol. The number of aliphatic hydroxyl groups excluding tert-OH is 1. The minimum atomic E-state index is -3.80. The van der Waals surface area contributed by atoms with Crippen molar-refractivity contribution in [2.75, 3.05) is 53.1 Å². The van der Waals surface area contributed by atoms with E-state index in [1.54, 1.807) is 0 Å². The highest BCUT2D eigenvalue weighted by molar-refractivity contribution is 7.85. The highest BCUT2D eigenvalue weighted by Crippen LogP contribution is 1.85. The highest BCUT2D eigenvalue weighted by atomic mass is 32.2. The molecule has 1 atom stereocenters. The Kier molecular flexibility index (Phi) is 22.2. The number of hydrogen-bond donors (Lipinski definition) is 7. The maximum Gasteiger partial charge on any atom is 0.321 e. The summed E-state index contributed by atoms with van der Waals surface area (Å²) < 4.78 is 28.2. The maximum absolute atomic E-state index is 9.99. The van der Waals surface area contributed by atoms with Crippen molar-refractivity contribution in [1.82, 2.24) is 0 Å². The van der Waals surface area contributed by atoms with Crippen LogP contribution < -0.4 is 28.0 Å². The smallest absolute Gasteiger partial charge is 0.321 e. The molecule has 1 amide bonds. The first-order valence-electron chi connectivity index (χ1n) is 7.66. The summed E-state index contributed by atoms with van der Waals surface area (Å²) in [4.78, 5) is 29.0. The number of aliphatic carboxylic acids is 2. The summed E-state index contributed by atoms with van der Waals surface area (Å²) in [7, 11) is 2.36. The standard InChI is InChI=1S/C5H14NO.C4H8N2O3.C2H7NO3S.C2H5NO2/c1-6(2,3)4-5-7;5-2(4(8)9)1-3(6)7;3-1-2-7(4,5)6;3-1-2(4)5/h7H,4-5H2,1-3H3;2H,1,5H2,(H2,6,7)(H,8,9);1-3H2,(H,4,5,6);1,3H2,(H,4,5)/q+1;;;/p-1/t;2-;;/m.0../s1. The number of likely N-dealkylation sites (N-methyl/N-ethyl adjacent to an activating group) is 1. The van der Waals surface area contributed by atoms with Gasteiger partial charge in [0.25, 0.3) is 10.1 Å². The van der Waals surface area contributed by atoms with E-state index in [1.165, 1.54) is 0 Å². The van der Waals surface area contributed by atoms with Gasteiger partial charge in [0.15, 0.2) is 0 Å². The fraction of sp³-hybridized carbons (Fsp3) is 0.769. The molecule has 15 heteroatoms. The molecule has 170 valence electrons. The fourth-order valence-corrected chi connectivity index (χ4v) is 1.05. The van der Waals surface area contributed by atoms with E-state index < -0.39 is 34.0 Å². The van der Waals surface area contributed by atoms with Crippen LogP contribution in [0.3, 0.4) is 0 Å². The monoisotopic (exact) mass is 435 g/mol. The molecule has 0 saturated carbocycles. The van der Waals surface area contributed by atoms with Gasteiger partial charge in [-0.25, -0.2) is 0 Å². The zero-order chi connectivity index (χ0) is 23.6. The molecule has 0 aliphatic rings. The van der Waals surface area contributed by atoms with E-state index in [1.807, 2.05) is 0 Å². The number of carboxylic acid groups (broad SMARTS) is 2. The van der Waals surface area contributed by atoms with Crippen LogP contribution in [0.2, 0.25) is 0 Å². The van der Waals surface area contributed by atoms with Crippen LogP contribution in [0.1, 0.15) is 6.42 Å². The lowest BCUT2D eigenvalue weighted by atomic mass is 10.2. The maximum atomic E-state index is 9.99. The molecule has 0 aliphatic heterocycles. The van der Waals surface area contributed by atoms with Crippen LogP contribution in [-0.4, -0.2) is 105 Å². The molecule has 0 aromatic heterocycles. The molecule has 0 heterocycles. The summed E-state index contributed by atoms with van der Waals surface area (Å²) in [6, 6.07) is -1.16. The first-order chi connectivity index (χ1) is 12.4. The van der Waals surface area contributed by atoms with Gasteiger partial charge in [0, 0.05) is 13.1 Å². The van der Waals surface area contributed by atoms with Crippen LogP contribution in [0, 0.1) is 0 Å². The molecule has 14 nitrogen and oxygen atoms in total. The van der Waals surface area contributed by atoms with E-state index in [9.17, 15) is 18.0 Å². The molecule has 28 heavy (non-hydrogen) atoms. The van der Waals surface area contributed by atoms with Crippen molar-refractivity contribution in [2.24, 2.45) is 22.9 Å². The number of aliphatic hydroxyl groups is 1. The molecule has 11 N–H and O–H groups in total.